The average molecular weight is 533 g/mol. The van der Waals surface area contributed by atoms with E-state index >= 15 is 0 Å². The fraction of sp³-hybridized carbons (Fsp3) is 0.355. The molecule has 0 radical (unpaired) electrons. The molecule has 3 rings (SSSR count). The maximum atomic E-state index is 8.23. The topological polar surface area (TPSA) is 109 Å². The van der Waals surface area contributed by atoms with Crippen molar-refractivity contribution in [1.29, 1.82) is 10.8 Å². The van der Waals surface area contributed by atoms with Crippen LogP contribution in [0.15, 0.2) is 54.6 Å². The highest BCUT2D eigenvalue weighted by Crippen LogP contribution is 2.30. The highest BCUT2D eigenvalue weighted by molar-refractivity contribution is 5.97. The zero-order valence-electron chi connectivity index (χ0n) is 23.9. The van der Waals surface area contributed by atoms with Gasteiger partial charge in [-0.15, -0.1) is 0 Å². The first-order valence-corrected chi connectivity index (χ1v) is 13.0. The Morgan fingerprint density at radius 2 is 1.05 bits per heavy atom. The Labute approximate surface area is 231 Å². The minimum Gasteiger partial charge on any atom is -0.493 e. The van der Waals surface area contributed by atoms with Gasteiger partial charge in [-0.1, -0.05) is 17.7 Å². The molecule has 0 spiro atoms. The van der Waals surface area contributed by atoms with Gasteiger partial charge in [0.1, 0.15) is 24.9 Å². The van der Waals surface area contributed by atoms with E-state index in [1.165, 1.54) is 0 Å². The number of ether oxygens (including phenoxy) is 4. The summed E-state index contributed by atoms with van der Waals surface area (Å²) >= 11 is 0. The first kappa shape index (κ1) is 29.4. The van der Waals surface area contributed by atoms with Crippen LogP contribution in [0.2, 0.25) is 0 Å². The Morgan fingerprint density at radius 1 is 0.641 bits per heavy atom. The van der Waals surface area contributed by atoms with Crippen LogP contribution < -0.4 is 29.6 Å². The van der Waals surface area contributed by atoms with Gasteiger partial charge >= 0.3 is 0 Å². The van der Waals surface area contributed by atoms with E-state index in [9.17, 15) is 0 Å². The van der Waals surface area contributed by atoms with Gasteiger partial charge in [0.2, 0.25) is 0 Å². The SMILES string of the molecule is COc1cc(C(=N)NC(C)C)ccc1OCc1cc(C)cc(COc2ccc(C(=N)NC(C)C)cc2OC)c1. The smallest absolute Gasteiger partial charge is 0.161 e. The molecule has 0 amide bonds. The van der Waals surface area contributed by atoms with Crippen molar-refractivity contribution in [2.45, 2.75) is 59.9 Å². The Balaban J connectivity index is 1.69. The summed E-state index contributed by atoms with van der Waals surface area (Å²) in [5, 5.41) is 22.7. The summed E-state index contributed by atoms with van der Waals surface area (Å²) in [5.74, 6) is 3.06. The van der Waals surface area contributed by atoms with Gasteiger partial charge in [0, 0.05) is 23.2 Å². The molecule has 0 atom stereocenters. The fourth-order valence-corrected chi connectivity index (χ4v) is 4.07. The maximum Gasteiger partial charge on any atom is 0.161 e. The first-order chi connectivity index (χ1) is 18.6. The predicted molar refractivity (Wildman–Crippen MR) is 156 cm³/mol. The lowest BCUT2D eigenvalue weighted by molar-refractivity contribution is 0.279. The molecular formula is C31H40N4O4. The second-order valence-electron chi connectivity index (χ2n) is 9.98. The summed E-state index contributed by atoms with van der Waals surface area (Å²) < 4.78 is 23.3. The van der Waals surface area contributed by atoms with E-state index in [1.54, 1.807) is 14.2 Å². The summed E-state index contributed by atoms with van der Waals surface area (Å²) in [6.07, 6.45) is 0. The van der Waals surface area contributed by atoms with Crippen LogP contribution >= 0.6 is 0 Å². The van der Waals surface area contributed by atoms with Crippen LogP contribution in [0, 0.1) is 17.7 Å². The zero-order valence-corrected chi connectivity index (χ0v) is 23.9. The van der Waals surface area contributed by atoms with Crippen molar-refractivity contribution in [1.82, 2.24) is 10.6 Å². The monoisotopic (exact) mass is 532 g/mol. The third-order valence-electron chi connectivity index (χ3n) is 5.76. The Hall–Kier alpha value is -4.20. The number of hydrogen-bond acceptors (Lipinski definition) is 6. The van der Waals surface area contributed by atoms with Crippen molar-refractivity contribution in [2.24, 2.45) is 0 Å². The number of benzene rings is 3. The number of amidine groups is 2. The van der Waals surface area contributed by atoms with Crippen LogP contribution in [0.5, 0.6) is 23.0 Å². The Morgan fingerprint density at radius 3 is 1.41 bits per heavy atom. The fourth-order valence-electron chi connectivity index (χ4n) is 4.07. The summed E-state index contributed by atoms with van der Waals surface area (Å²) in [5.41, 5.74) is 4.58. The minimum atomic E-state index is 0.168. The van der Waals surface area contributed by atoms with Crippen LogP contribution in [-0.4, -0.2) is 38.0 Å². The second kappa shape index (κ2) is 13.6. The van der Waals surface area contributed by atoms with E-state index in [0.717, 1.165) is 27.8 Å². The summed E-state index contributed by atoms with van der Waals surface area (Å²) in [7, 11) is 3.19. The molecule has 0 aliphatic carbocycles. The van der Waals surface area contributed by atoms with Gasteiger partial charge < -0.3 is 29.6 Å². The van der Waals surface area contributed by atoms with Crippen molar-refractivity contribution >= 4 is 11.7 Å². The van der Waals surface area contributed by atoms with Crippen LogP contribution in [0.3, 0.4) is 0 Å². The molecule has 0 unspecified atom stereocenters. The van der Waals surface area contributed by atoms with Crippen molar-refractivity contribution in [3.63, 3.8) is 0 Å². The summed E-state index contributed by atoms with van der Waals surface area (Å²) in [6, 6.07) is 17.5. The largest absolute Gasteiger partial charge is 0.493 e. The Kier molecular flexibility index (Phi) is 10.2. The van der Waals surface area contributed by atoms with Crippen LogP contribution in [-0.2, 0) is 13.2 Å². The molecule has 0 heterocycles. The average Bonchev–Trinajstić information content (AvgIpc) is 2.89. The summed E-state index contributed by atoms with van der Waals surface area (Å²) in [6.45, 7) is 10.7. The van der Waals surface area contributed by atoms with Gasteiger partial charge in [0.25, 0.3) is 0 Å². The van der Waals surface area contributed by atoms with Crippen LogP contribution in [0.1, 0.15) is 55.5 Å². The lowest BCUT2D eigenvalue weighted by Crippen LogP contribution is -2.30. The molecular weight excluding hydrogens is 492 g/mol. The van der Waals surface area contributed by atoms with Gasteiger partial charge in [-0.25, -0.2) is 0 Å². The molecule has 0 aliphatic heterocycles. The van der Waals surface area contributed by atoms with E-state index in [0.29, 0.717) is 47.9 Å². The van der Waals surface area contributed by atoms with E-state index in [2.05, 4.69) is 28.8 Å². The molecule has 0 saturated carbocycles. The van der Waals surface area contributed by atoms with Gasteiger partial charge in [0.15, 0.2) is 23.0 Å². The molecule has 0 bridgehead atoms. The molecule has 3 aromatic carbocycles. The summed E-state index contributed by atoms with van der Waals surface area (Å²) in [4.78, 5) is 0. The maximum absolute atomic E-state index is 8.23. The molecule has 8 heteroatoms. The number of hydrogen-bond donors (Lipinski definition) is 4. The van der Waals surface area contributed by atoms with Gasteiger partial charge in [0.05, 0.1) is 14.2 Å². The van der Waals surface area contributed by atoms with E-state index in [4.69, 9.17) is 29.8 Å². The molecule has 3 aromatic rings. The first-order valence-electron chi connectivity index (χ1n) is 13.0. The number of nitrogens with one attached hydrogen (secondary N) is 4. The lowest BCUT2D eigenvalue weighted by Gasteiger charge is -2.16. The molecule has 0 aliphatic rings. The second-order valence-corrected chi connectivity index (χ2v) is 9.98. The van der Waals surface area contributed by atoms with Crippen LogP contribution in [0.25, 0.3) is 0 Å². The standard InChI is InChI=1S/C31H40N4O4/c1-19(2)34-30(32)24-8-10-26(28(15-24)36-6)38-17-22-12-21(5)13-23(14-22)18-39-27-11-9-25(16-29(27)37-7)31(33)35-20(3)4/h8-16,19-20H,17-18H2,1-7H3,(H2,32,34)(H2,33,35). The molecule has 0 saturated heterocycles. The van der Waals surface area contributed by atoms with Crippen molar-refractivity contribution in [3.8, 4) is 23.0 Å². The van der Waals surface area contributed by atoms with Gasteiger partial charge in [-0.2, -0.15) is 0 Å². The van der Waals surface area contributed by atoms with E-state index in [-0.39, 0.29) is 12.1 Å². The highest BCUT2D eigenvalue weighted by Gasteiger charge is 2.12. The minimum absolute atomic E-state index is 0.168. The number of methoxy groups -OCH3 is 2. The number of aryl methyl sites for hydroxylation is 1. The van der Waals surface area contributed by atoms with Gasteiger partial charge in [-0.05, 0) is 88.2 Å². The quantitative estimate of drug-likeness (QED) is 0.173. The lowest BCUT2D eigenvalue weighted by atomic mass is 10.1. The normalized spacial score (nSPS) is 10.8. The third-order valence-corrected chi connectivity index (χ3v) is 5.76. The number of rotatable bonds is 12. The molecule has 0 aromatic heterocycles. The van der Waals surface area contributed by atoms with Gasteiger partial charge in [-0.3, -0.25) is 10.8 Å². The Bertz CT molecular complexity index is 1210. The van der Waals surface area contributed by atoms with E-state index < -0.39 is 0 Å². The molecule has 208 valence electrons. The molecule has 8 nitrogen and oxygen atoms in total. The third kappa shape index (κ3) is 8.40. The van der Waals surface area contributed by atoms with Crippen molar-refractivity contribution < 1.29 is 18.9 Å². The van der Waals surface area contributed by atoms with E-state index in [1.807, 2.05) is 71.0 Å². The molecule has 39 heavy (non-hydrogen) atoms. The van der Waals surface area contributed by atoms with Crippen molar-refractivity contribution in [2.75, 3.05) is 14.2 Å². The highest BCUT2D eigenvalue weighted by atomic mass is 16.5. The molecule has 0 fully saturated rings. The van der Waals surface area contributed by atoms with Crippen molar-refractivity contribution in [3.05, 3.63) is 82.4 Å². The molecule has 4 N–H and O–H groups in total. The predicted octanol–water partition coefficient (Wildman–Crippen LogP) is 5.82. The zero-order chi connectivity index (χ0) is 28.5. The van der Waals surface area contributed by atoms with Crippen LogP contribution in [0.4, 0.5) is 0 Å².